The van der Waals surface area contributed by atoms with E-state index < -0.39 is 0 Å². The minimum absolute atomic E-state index is 0.401. The van der Waals surface area contributed by atoms with Crippen LogP contribution in [0.15, 0.2) is 12.3 Å². The van der Waals surface area contributed by atoms with E-state index in [-0.39, 0.29) is 0 Å². The Morgan fingerprint density at radius 1 is 0.889 bits per heavy atom. The van der Waals surface area contributed by atoms with Crippen molar-refractivity contribution in [3.63, 3.8) is 0 Å². The van der Waals surface area contributed by atoms with E-state index in [9.17, 15) is 0 Å². The van der Waals surface area contributed by atoms with Crippen LogP contribution in [0, 0.1) is 12.8 Å². The summed E-state index contributed by atoms with van der Waals surface area (Å²) in [5, 5.41) is 0. The van der Waals surface area contributed by atoms with Crippen LogP contribution >= 0.6 is 0 Å². The minimum atomic E-state index is 0.401. The minimum Gasteiger partial charge on any atom is -0.489 e. The summed E-state index contributed by atoms with van der Waals surface area (Å²) in [7, 11) is 0. The fourth-order valence-corrected chi connectivity index (χ4v) is 4.39. The van der Waals surface area contributed by atoms with Crippen LogP contribution in [-0.2, 0) is 6.42 Å². The van der Waals surface area contributed by atoms with Crippen molar-refractivity contribution < 1.29 is 4.74 Å². The van der Waals surface area contributed by atoms with Gasteiger partial charge in [0.25, 0.3) is 0 Å². The molecule has 154 valence electrons. The van der Waals surface area contributed by atoms with Gasteiger partial charge < -0.3 is 4.74 Å². The van der Waals surface area contributed by atoms with Crippen molar-refractivity contribution in [1.82, 2.24) is 4.98 Å². The fraction of sp³-hybridized carbons (Fsp3) is 0.800. The van der Waals surface area contributed by atoms with E-state index in [1.165, 1.54) is 101 Å². The normalized spacial score (nSPS) is 20.0. The van der Waals surface area contributed by atoms with Crippen LogP contribution < -0.4 is 4.74 Å². The molecule has 2 nitrogen and oxygen atoms in total. The standard InChI is InChI=1S/C25H43NO/c1-4-6-8-10-12-14-25-21(3)19-24(20-26-25)27-23-17-15-22(16-18-23)13-11-9-7-5-2/h19-20,22-23H,4-18H2,1-3H3. The molecule has 0 radical (unpaired) electrons. The molecule has 0 unspecified atom stereocenters. The molecular weight excluding hydrogens is 330 g/mol. The molecule has 2 heteroatoms. The van der Waals surface area contributed by atoms with Gasteiger partial charge in [-0.1, -0.05) is 71.6 Å². The van der Waals surface area contributed by atoms with Gasteiger partial charge in [0.2, 0.25) is 0 Å². The first-order chi connectivity index (χ1) is 13.2. The predicted octanol–water partition coefficient (Wildman–Crippen LogP) is 7.81. The predicted molar refractivity (Wildman–Crippen MR) is 117 cm³/mol. The van der Waals surface area contributed by atoms with E-state index in [0.717, 1.165) is 18.1 Å². The first-order valence-corrected chi connectivity index (χ1v) is 11.8. The molecule has 0 amide bonds. The van der Waals surface area contributed by atoms with Crippen LogP contribution in [0.4, 0.5) is 0 Å². The van der Waals surface area contributed by atoms with E-state index in [1.54, 1.807) is 0 Å². The lowest BCUT2D eigenvalue weighted by atomic mass is 9.84. The maximum Gasteiger partial charge on any atom is 0.138 e. The first-order valence-electron chi connectivity index (χ1n) is 11.8. The molecule has 1 aromatic rings. The Morgan fingerprint density at radius 3 is 2.22 bits per heavy atom. The van der Waals surface area contributed by atoms with Crippen LogP contribution in [0.5, 0.6) is 5.75 Å². The van der Waals surface area contributed by atoms with E-state index in [2.05, 4.69) is 26.8 Å². The molecule has 1 aliphatic rings. The largest absolute Gasteiger partial charge is 0.489 e. The van der Waals surface area contributed by atoms with Crippen LogP contribution in [0.25, 0.3) is 0 Å². The molecule has 1 fully saturated rings. The molecule has 0 atom stereocenters. The van der Waals surface area contributed by atoms with Gasteiger partial charge in [0.15, 0.2) is 0 Å². The van der Waals surface area contributed by atoms with Crippen molar-refractivity contribution in [2.45, 2.75) is 123 Å². The molecule has 0 saturated heterocycles. The molecular formula is C25H43NO. The Labute approximate surface area is 168 Å². The van der Waals surface area contributed by atoms with E-state index in [0.29, 0.717) is 6.10 Å². The number of pyridine rings is 1. The molecule has 0 spiro atoms. The third-order valence-corrected chi connectivity index (χ3v) is 6.24. The van der Waals surface area contributed by atoms with E-state index in [4.69, 9.17) is 9.72 Å². The van der Waals surface area contributed by atoms with Crippen molar-refractivity contribution in [2.75, 3.05) is 0 Å². The van der Waals surface area contributed by atoms with E-state index in [1.807, 2.05) is 6.20 Å². The maximum absolute atomic E-state index is 6.28. The molecule has 1 heterocycles. The lowest BCUT2D eigenvalue weighted by Gasteiger charge is -2.29. The summed E-state index contributed by atoms with van der Waals surface area (Å²) >= 11 is 0. The Hall–Kier alpha value is -1.05. The molecule has 1 saturated carbocycles. The van der Waals surface area contributed by atoms with Crippen LogP contribution in [0.2, 0.25) is 0 Å². The van der Waals surface area contributed by atoms with Crippen LogP contribution in [0.1, 0.15) is 115 Å². The summed E-state index contributed by atoms with van der Waals surface area (Å²) in [6.07, 6.45) is 22.2. The zero-order valence-electron chi connectivity index (χ0n) is 18.3. The van der Waals surface area contributed by atoms with Gasteiger partial charge in [-0.25, -0.2) is 0 Å². The topological polar surface area (TPSA) is 22.1 Å². The third-order valence-electron chi connectivity index (χ3n) is 6.24. The zero-order chi connectivity index (χ0) is 19.3. The number of hydrogen-bond acceptors (Lipinski definition) is 2. The fourth-order valence-electron chi connectivity index (χ4n) is 4.39. The average molecular weight is 374 g/mol. The monoisotopic (exact) mass is 373 g/mol. The SMILES string of the molecule is CCCCCCCc1ncc(OC2CCC(CCCCCC)CC2)cc1C. The van der Waals surface area contributed by atoms with Gasteiger partial charge in [0.05, 0.1) is 12.3 Å². The molecule has 0 aliphatic heterocycles. The highest BCUT2D eigenvalue weighted by molar-refractivity contribution is 5.28. The number of nitrogens with zero attached hydrogens (tertiary/aromatic N) is 1. The third kappa shape index (κ3) is 8.66. The van der Waals surface area contributed by atoms with Gasteiger partial charge >= 0.3 is 0 Å². The summed E-state index contributed by atoms with van der Waals surface area (Å²) in [5.74, 6) is 1.92. The summed E-state index contributed by atoms with van der Waals surface area (Å²) in [5.41, 5.74) is 2.56. The molecule has 0 N–H and O–H groups in total. The van der Waals surface area contributed by atoms with Gasteiger partial charge in [0.1, 0.15) is 5.75 Å². The Kier molecular flexibility index (Phi) is 10.9. The molecule has 1 aromatic heterocycles. The summed E-state index contributed by atoms with van der Waals surface area (Å²) < 4.78 is 6.28. The van der Waals surface area contributed by atoms with E-state index >= 15 is 0 Å². The summed E-state index contributed by atoms with van der Waals surface area (Å²) in [4.78, 5) is 4.71. The van der Waals surface area contributed by atoms with Gasteiger partial charge in [-0.15, -0.1) is 0 Å². The van der Waals surface area contributed by atoms with Crippen LogP contribution in [-0.4, -0.2) is 11.1 Å². The lowest BCUT2D eigenvalue weighted by Crippen LogP contribution is -2.24. The average Bonchev–Trinajstić information content (AvgIpc) is 2.68. The molecule has 27 heavy (non-hydrogen) atoms. The number of ether oxygens (including phenoxy) is 1. The molecule has 2 rings (SSSR count). The number of rotatable bonds is 13. The molecule has 0 aromatic carbocycles. The number of aromatic nitrogens is 1. The smallest absolute Gasteiger partial charge is 0.138 e. The zero-order valence-corrected chi connectivity index (χ0v) is 18.3. The first kappa shape index (κ1) is 22.2. The maximum atomic E-state index is 6.28. The molecule has 0 bridgehead atoms. The highest BCUT2D eigenvalue weighted by Crippen LogP contribution is 2.31. The summed E-state index contributed by atoms with van der Waals surface area (Å²) in [6.45, 7) is 6.75. The highest BCUT2D eigenvalue weighted by Gasteiger charge is 2.22. The van der Waals surface area contributed by atoms with Crippen molar-refractivity contribution in [2.24, 2.45) is 5.92 Å². The number of hydrogen-bond donors (Lipinski definition) is 0. The van der Waals surface area contributed by atoms with Crippen molar-refractivity contribution in [3.8, 4) is 5.75 Å². The van der Waals surface area contributed by atoms with Gasteiger partial charge in [-0.3, -0.25) is 4.98 Å². The van der Waals surface area contributed by atoms with Gasteiger partial charge in [-0.2, -0.15) is 0 Å². The summed E-state index contributed by atoms with van der Waals surface area (Å²) in [6, 6.07) is 2.21. The molecule has 1 aliphatic carbocycles. The second-order valence-corrected chi connectivity index (χ2v) is 8.71. The van der Waals surface area contributed by atoms with Gasteiger partial charge in [0, 0.05) is 5.69 Å². The van der Waals surface area contributed by atoms with Crippen LogP contribution in [0.3, 0.4) is 0 Å². The second-order valence-electron chi connectivity index (χ2n) is 8.71. The number of unbranched alkanes of at least 4 members (excludes halogenated alkanes) is 7. The number of aryl methyl sites for hydroxylation is 2. The highest BCUT2D eigenvalue weighted by atomic mass is 16.5. The second kappa shape index (κ2) is 13.2. The quantitative estimate of drug-likeness (QED) is 0.329. The lowest BCUT2D eigenvalue weighted by molar-refractivity contribution is 0.127. The van der Waals surface area contributed by atoms with Crippen molar-refractivity contribution in [3.05, 3.63) is 23.5 Å². The van der Waals surface area contributed by atoms with Crippen molar-refractivity contribution >= 4 is 0 Å². The Balaban J connectivity index is 1.68. The Bertz CT molecular complexity index is 505. The van der Waals surface area contributed by atoms with Crippen molar-refractivity contribution in [1.29, 1.82) is 0 Å². The Morgan fingerprint density at radius 2 is 1.56 bits per heavy atom. The van der Waals surface area contributed by atoms with Gasteiger partial charge in [-0.05, 0) is 63.0 Å².